The topological polar surface area (TPSA) is 72.7 Å². The molecule has 1 atom stereocenters. The van der Waals surface area contributed by atoms with E-state index in [0.29, 0.717) is 11.3 Å². The van der Waals surface area contributed by atoms with Gasteiger partial charge >= 0.3 is 5.97 Å². The molecule has 1 amide bonds. The zero-order chi connectivity index (χ0) is 17.8. The molecule has 6 heteroatoms. The Morgan fingerprint density at radius 1 is 1.24 bits per heavy atom. The molecule has 6 nitrogen and oxygen atoms in total. The van der Waals surface area contributed by atoms with Crippen LogP contribution in [0.15, 0.2) is 67.4 Å². The molecule has 0 aliphatic rings. The molecule has 0 fully saturated rings. The zero-order valence-electron chi connectivity index (χ0n) is 13.7. The zero-order valence-corrected chi connectivity index (χ0v) is 13.7. The maximum atomic E-state index is 12.5. The number of ether oxygens (including phenoxy) is 1. The number of benzene rings is 1. The Morgan fingerprint density at radius 3 is 2.64 bits per heavy atom. The van der Waals surface area contributed by atoms with Gasteiger partial charge in [0.1, 0.15) is 0 Å². The average molecular weight is 335 g/mol. The number of rotatable bonds is 5. The highest BCUT2D eigenvalue weighted by molar-refractivity contribution is 5.94. The van der Waals surface area contributed by atoms with Crippen LogP contribution in [0.1, 0.15) is 32.5 Å². The van der Waals surface area contributed by atoms with Gasteiger partial charge in [-0.1, -0.05) is 24.3 Å². The summed E-state index contributed by atoms with van der Waals surface area (Å²) in [6.07, 6.45) is 3.41. The van der Waals surface area contributed by atoms with Crippen molar-refractivity contribution in [1.29, 1.82) is 0 Å². The Labute approximate surface area is 144 Å². The number of nitrogens with zero attached hydrogens (tertiary/aromatic N) is 2. The van der Waals surface area contributed by atoms with Gasteiger partial charge in [0.05, 0.1) is 24.2 Å². The summed E-state index contributed by atoms with van der Waals surface area (Å²) in [5.41, 5.74) is 2.41. The number of hydrogen-bond donors (Lipinski definition) is 1. The van der Waals surface area contributed by atoms with E-state index in [1.54, 1.807) is 47.1 Å². The molecule has 3 aromatic rings. The van der Waals surface area contributed by atoms with Gasteiger partial charge in [-0.05, 0) is 35.9 Å². The summed E-state index contributed by atoms with van der Waals surface area (Å²) in [5.74, 6) is -0.707. The molecule has 0 aliphatic carbocycles. The Balaban J connectivity index is 1.78. The van der Waals surface area contributed by atoms with Gasteiger partial charge < -0.3 is 10.1 Å². The van der Waals surface area contributed by atoms with E-state index >= 15 is 0 Å². The van der Waals surface area contributed by atoms with Crippen molar-refractivity contribution in [2.45, 2.75) is 6.04 Å². The largest absolute Gasteiger partial charge is 0.465 e. The SMILES string of the molecule is C=C[C@@H](NC(=O)c1cc2ccccn2n1)c1ccc(C(=O)OC)cc1. The monoisotopic (exact) mass is 335 g/mol. The van der Waals surface area contributed by atoms with E-state index in [2.05, 4.69) is 21.7 Å². The number of amides is 1. The highest BCUT2D eigenvalue weighted by atomic mass is 16.5. The third-order valence-corrected chi connectivity index (χ3v) is 3.82. The lowest BCUT2D eigenvalue weighted by Crippen LogP contribution is -2.27. The van der Waals surface area contributed by atoms with Gasteiger partial charge in [-0.25, -0.2) is 9.31 Å². The first-order chi connectivity index (χ1) is 12.1. The highest BCUT2D eigenvalue weighted by Crippen LogP contribution is 2.16. The maximum Gasteiger partial charge on any atom is 0.337 e. The summed E-state index contributed by atoms with van der Waals surface area (Å²) in [4.78, 5) is 24.0. The smallest absolute Gasteiger partial charge is 0.337 e. The molecule has 3 rings (SSSR count). The second kappa shape index (κ2) is 7.00. The lowest BCUT2D eigenvalue weighted by molar-refractivity contribution is 0.0600. The first-order valence-electron chi connectivity index (χ1n) is 7.68. The van der Waals surface area contributed by atoms with Gasteiger partial charge in [0.2, 0.25) is 0 Å². The summed E-state index contributed by atoms with van der Waals surface area (Å²) in [6.45, 7) is 3.77. The Bertz CT molecular complexity index is 895. The standard InChI is InChI=1S/C19H17N3O3/c1-3-16(13-7-9-14(10-8-13)19(24)25-2)20-18(23)17-12-15-6-4-5-11-22(15)21-17/h3-12,16H,1H2,2H3,(H,20,23)/t16-/m1/s1. The Hall–Kier alpha value is -3.41. The summed E-state index contributed by atoms with van der Waals surface area (Å²) in [5, 5.41) is 7.13. The summed E-state index contributed by atoms with van der Waals surface area (Å²) in [7, 11) is 1.33. The molecule has 0 bridgehead atoms. The molecule has 0 saturated heterocycles. The Kier molecular flexibility index (Phi) is 4.61. The number of nitrogens with one attached hydrogen (secondary N) is 1. The predicted molar refractivity (Wildman–Crippen MR) is 93.4 cm³/mol. The highest BCUT2D eigenvalue weighted by Gasteiger charge is 2.16. The molecule has 0 unspecified atom stereocenters. The van der Waals surface area contributed by atoms with E-state index in [-0.39, 0.29) is 5.91 Å². The van der Waals surface area contributed by atoms with Crippen LogP contribution in [0.4, 0.5) is 0 Å². The van der Waals surface area contributed by atoms with Crippen LogP contribution in [0.5, 0.6) is 0 Å². The van der Waals surface area contributed by atoms with E-state index in [9.17, 15) is 9.59 Å². The van der Waals surface area contributed by atoms with Crippen molar-refractivity contribution < 1.29 is 14.3 Å². The van der Waals surface area contributed by atoms with Gasteiger partial charge in [-0.2, -0.15) is 5.10 Å². The second-order valence-corrected chi connectivity index (χ2v) is 5.40. The summed E-state index contributed by atoms with van der Waals surface area (Å²) >= 11 is 0. The number of carbonyl (C=O) groups excluding carboxylic acids is 2. The van der Waals surface area contributed by atoms with Gasteiger partial charge in [-0.3, -0.25) is 4.79 Å². The molecule has 2 heterocycles. The van der Waals surface area contributed by atoms with Crippen LogP contribution < -0.4 is 5.32 Å². The van der Waals surface area contributed by atoms with Crippen molar-refractivity contribution in [3.63, 3.8) is 0 Å². The molecule has 2 aromatic heterocycles. The first-order valence-corrected chi connectivity index (χ1v) is 7.68. The fourth-order valence-electron chi connectivity index (χ4n) is 2.49. The fraction of sp³-hybridized carbons (Fsp3) is 0.105. The van der Waals surface area contributed by atoms with Crippen LogP contribution >= 0.6 is 0 Å². The fourth-order valence-corrected chi connectivity index (χ4v) is 2.49. The van der Waals surface area contributed by atoms with Crippen molar-refractivity contribution in [1.82, 2.24) is 14.9 Å². The van der Waals surface area contributed by atoms with Crippen molar-refractivity contribution in [2.24, 2.45) is 0 Å². The van der Waals surface area contributed by atoms with Crippen LogP contribution in [0.2, 0.25) is 0 Å². The average Bonchev–Trinajstić information content (AvgIpc) is 3.10. The minimum atomic E-state index is -0.407. The molecule has 0 radical (unpaired) electrons. The van der Waals surface area contributed by atoms with Gasteiger partial charge in [-0.15, -0.1) is 6.58 Å². The van der Waals surface area contributed by atoms with Crippen molar-refractivity contribution in [3.05, 3.63) is 84.2 Å². The van der Waals surface area contributed by atoms with Crippen molar-refractivity contribution in [3.8, 4) is 0 Å². The van der Waals surface area contributed by atoms with Crippen molar-refractivity contribution in [2.75, 3.05) is 7.11 Å². The quantitative estimate of drug-likeness (QED) is 0.575. The number of esters is 1. The summed E-state index contributed by atoms with van der Waals surface area (Å²) in [6, 6.07) is 13.7. The molecule has 0 saturated carbocycles. The summed E-state index contributed by atoms with van der Waals surface area (Å²) < 4.78 is 6.32. The molecular weight excluding hydrogens is 318 g/mol. The van der Waals surface area contributed by atoms with E-state index < -0.39 is 12.0 Å². The number of hydrogen-bond acceptors (Lipinski definition) is 4. The van der Waals surface area contributed by atoms with Crippen LogP contribution in [-0.2, 0) is 4.74 Å². The van der Waals surface area contributed by atoms with Gasteiger partial charge in [0.15, 0.2) is 5.69 Å². The van der Waals surface area contributed by atoms with Crippen molar-refractivity contribution >= 4 is 17.4 Å². The number of aromatic nitrogens is 2. The number of pyridine rings is 1. The lowest BCUT2D eigenvalue weighted by atomic mass is 10.0. The molecule has 0 spiro atoms. The van der Waals surface area contributed by atoms with Crippen LogP contribution in [0, 0.1) is 0 Å². The second-order valence-electron chi connectivity index (χ2n) is 5.40. The minimum Gasteiger partial charge on any atom is -0.465 e. The minimum absolute atomic E-state index is 0.300. The number of methoxy groups -OCH3 is 1. The number of carbonyl (C=O) groups is 2. The molecule has 25 heavy (non-hydrogen) atoms. The van der Waals surface area contributed by atoms with E-state index in [1.807, 2.05) is 18.2 Å². The van der Waals surface area contributed by atoms with Crippen LogP contribution in [0.25, 0.3) is 5.52 Å². The Morgan fingerprint density at radius 2 is 2.00 bits per heavy atom. The third kappa shape index (κ3) is 3.42. The van der Waals surface area contributed by atoms with Crippen LogP contribution in [-0.4, -0.2) is 28.6 Å². The van der Waals surface area contributed by atoms with Crippen LogP contribution in [0.3, 0.4) is 0 Å². The van der Waals surface area contributed by atoms with Gasteiger partial charge in [0.25, 0.3) is 5.91 Å². The first kappa shape index (κ1) is 16.4. The predicted octanol–water partition coefficient (Wildman–Crippen LogP) is 2.78. The lowest BCUT2D eigenvalue weighted by Gasteiger charge is -2.14. The molecular formula is C19H17N3O3. The van der Waals surface area contributed by atoms with E-state index in [4.69, 9.17) is 0 Å². The maximum absolute atomic E-state index is 12.5. The third-order valence-electron chi connectivity index (χ3n) is 3.82. The molecule has 1 N–H and O–H groups in total. The molecule has 126 valence electrons. The number of fused-ring (bicyclic) bond motifs is 1. The molecule has 1 aromatic carbocycles. The molecule has 0 aliphatic heterocycles. The van der Waals surface area contributed by atoms with E-state index in [0.717, 1.165) is 11.1 Å². The van der Waals surface area contributed by atoms with E-state index in [1.165, 1.54) is 7.11 Å². The van der Waals surface area contributed by atoms with Gasteiger partial charge in [0, 0.05) is 6.20 Å². The normalized spacial score (nSPS) is 11.7.